The van der Waals surface area contributed by atoms with Crippen molar-refractivity contribution < 1.29 is 14.7 Å². The number of carbonyl (C=O) groups excluding carboxylic acids is 1. The van der Waals surface area contributed by atoms with Gasteiger partial charge in [-0.1, -0.05) is 6.07 Å². The molecule has 18 heavy (non-hydrogen) atoms. The molecule has 0 aliphatic carbocycles. The lowest BCUT2D eigenvalue weighted by Gasteiger charge is -2.00. The molecule has 0 fully saturated rings. The minimum absolute atomic E-state index is 0.140. The van der Waals surface area contributed by atoms with Crippen LogP contribution in [0.2, 0.25) is 0 Å². The van der Waals surface area contributed by atoms with E-state index in [-0.39, 0.29) is 12.3 Å². The summed E-state index contributed by atoms with van der Waals surface area (Å²) in [5.41, 5.74) is 0.860. The van der Waals surface area contributed by atoms with Crippen molar-refractivity contribution in [3.05, 3.63) is 36.2 Å². The molecule has 1 aromatic rings. The van der Waals surface area contributed by atoms with Gasteiger partial charge in [-0.2, -0.15) is 0 Å². The van der Waals surface area contributed by atoms with Gasteiger partial charge >= 0.3 is 5.97 Å². The molecule has 0 unspecified atom stereocenters. The number of nitrogens with one attached hydrogen (secondary N) is 1. The molecule has 1 aromatic heterocycles. The lowest BCUT2D eigenvalue weighted by Crippen LogP contribution is -2.22. The Bertz CT molecular complexity index is 416. The summed E-state index contributed by atoms with van der Waals surface area (Å²) in [6.45, 7) is 0.490. The standard InChI is InChI=1S/C13H16N2O3/c16-12(15-9-2-1-5-13(17)18)7-6-11-4-3-8-14-10-11/h3-4,6-8,10H,1-2,5,9H2,(H,15,16)(H,17,18). The predicted octanol–water partition coefficient (Wildman–Crippen LogP) is 1.47. The molecule has 0 aliphatic heterocycles. The van der Waals surface area contributed by atoms with Crippen LogP contribution in [0.15, 0.2) is 30.6 Å². The van der Waals surface area contributed by atoms with Crippen LogP contribution < -0.4 is 5.32 Å². The average Bonchev–Trinajstić information content (AvgIpc) is 2.37. The number of carbonyl (C=O) groups is 2. The van der Waals surface area contributed by atoms with E-state index in [1.54, 1.807) is 24.5 Å². The normalized spacial score (nSPS) is 10.4. The number of unbranched alkanes of at least 4 members (excludes halogenated alkanes) is 1. The van der Waals surface area contributed by atoms with Crippen LogP contribution >= 0.6 is 0 Å². The zero-order valence-corrected chi connectivity index (χ0v) is 10.0. The maximum atomic E-state index is 11.4. The molecule has 5 heteroatoms. The molecule has 0 bridgehead atoms. The van der Waals surface area contributed by atoms with Crippen molar-refractivity contribution in [1.29, 1.82) is 0 Å². The van der Waals surface area contributed by atoms with Gasteiger partial charge in [0.15, 0.2) is 0 Å². The number of carboxylic acids is 1. The first kappa shape index (κ1) is 13.9. The van der Waals surface area contributed by atoms with E-state index in [0.29, 0.717) is 19.4 Å². The van der Waals surface area contributed by atoms with E-state index in [1.807, 2.05) is 6.07 Å². The van der Waals surface area contributed by atoms with Gasteiger partial charge in [-0.05, 0) is 30.5 Å². The Balaban J connectivity index is 2.18. The Morgan fingerprint density at radius 1 is 1.39 bits per heavy atom. The number of aromatic nitrogens is 1. The SMILES string of the molecule is O=C(O)CCCCNC(=O)C=Cc1cccnc1. The van der Waals surface area contributed by atoms with Crippen LogP contribution in [0.5, 0.6) is 0 Å². The predicted molar refractivity (Wildman–Crippen MR) is 67.8 cm³/mol. The number of nitrogens with zero attached hydrogens (tertiary/aromatic N) is 1. The van der Waals surface area contributed by atoms with Crippen LogP contribution in [0, 0.1) is 0 Å². The molecule has 0 spiro atoms. The average molecular weight is 248 g/mol. The van der Waals surface area contributed by atoms with Gasteiger partial charge < -0.3 is 10.4 Å². The van der Waals surface area contributed by atoms with Crippen LogP contribution in [0.25, 0.3) is 6.08 Å². The van der Waals surface area contributed by atoms with E-state index in [0.717, 1.165) is 5.56 Å². The van der Waals surface area contributed by atoms with Crippen molar-refractivity contribution in [2.45, 2.75) is 19.3 Å². The van der Waals surface area contributed by atoms with Crippen molar-refractivity contribution in [2.75, 3.05) is 6.54 Å². The molecule has 5 nitrogen and oxygen atoms in total. The highest BCUT2D eigenvalue weighted by atomic mass is 16.4. The number of amides is 1. The maximum Gasteiger partial charge on any atom is 0.303 e. The van der Waals surface area contributed by atoms with Gasteiger partial charge in [0.2, 0.25) is 5.91 Å². The molecule has 0 atom stereocenters. The summed E-state index contributed by atoms with van der Waals surface area (Å²) in [4.78, 5) is 25.6. The molecule has 0 aromatic carbocycles. The van der Waals surface area contributed by atoms with Crippen LogP contribution in [0.1, 0.15) is 24.8 Å². The Morgan fingerprint density at radius 2 is 2.22 bits per heavy atom. The van der Waals surface area contributed by atoms with Gasteiger partial charge in [0, 0.05) is 31.4 Å². The second-order valence-electron chi connectivity index (χ2n) is 3.76. The van der Waals surface area contributed by atoms with Gasteiger partial charge in [0.25, 0.3) is 0 Å². The van der Waals surface area contributed by atoms with E-state index < -0.39 is 5.97 Å². The Kier molecular flexibility index (Phi) is 6.17. The molecule has 96 valence electrons. The fourth-order valence-electron chi connectivity index (χ4n) is 1.32. The zero-order valence-electron chi connectivity index (χ0n) is 10.0. The lowest BCUT2D eigenvalue weighted by atomic mass is 10.2. The van der Waals surface area contributed by atoms with Crippen molar-refractivity contribution >= 4 is 18.0 Å². The molecular weight excluding hydrogens is 232 g/mol. The number of rotatable bonds is 7. The highest BCUT2D eigenvalue weighted by Gasteiger charge is 1.98. The molecular formula is C13H16N2O3. The molecule has 2 N–H and O–H groups in total. The summed E-state index contributed by atoms with van der Waals surface area (Å²) in [5, 5.41) is 11.1. The third-order valence-corrected chi connectivity index (χ3v) is 2.23. The summed E-state index contributed by atoms with van der Waals surface area (Å²) in [7, 11) is 0. The first-order chi connectivity index (χ1) is 8.68. The number of pyridine rings is 1. The van der Waals surface area contributed by atoms with Gasteiger partial charge in [0.1, 0.15) is 0 Å². The third-order valence-electron chi connectivity index (χ3n) is 2.23. The largest absolute Gasteiger partial charge is 0.481 e. The number of hydrogen-bond acceptors (Lipinski definition) is 3. The van der Waals surface area contributed by atoms with Gasteiger partial charge in [-0.25, -0.2) is 0 Å². The number of aliphatic carboxylic acids is 1. The first-order valence-electron chi connectivity index (χ1n) is 5.76. The summed E-state index contributed by atoms with van der Waals surface area (Å²) in [6, 6.07) is 3.65. The number of hydrogen-bond donors (Lipinski definition) is 2. The third kappa shape index (κ3) is 6.42. The first-order valence-corrected chi connectivity index (χ1v) is 5.76. The fraction of sp³-hybridized carbons (Fsp3) is 0.308. The van der Waals surface area contributed by atoms with Gasteiger partial charge in [-0.15, -0.1) is 0 Å². The topological polar surface area (TPSA) is 79.3 Å². The van der Waals surface area contributed by atoms with E-state index in [2.05, 4.69) is 10.3 Å². The molecule has 0 aliphatic rings. The smallest absolute Gasteiger partial charge is 0.303 e. The monoisotopic (exact) mass is 248 g/mol. The summed E-state index contributed by atoms with van der Waals surface area (Å²) < 4.78 is 0. The highest BCUT2D eigenvalue weighted by molar-refractivity contribution is 5.91. The van der Waals surface area contributed by atoms with E-state index >= 15 is 0 Å². The molecule has 1 rings (SSSR count). The van der Waals surface area contributed by atoms with Crippen LogP contribution in [-0.4, -0.2) is 28.5 Å². The van der Waals surface area contributed by atoms with E-state index in [9.17, 15) is 9.59 Å². The summed E-state index contributed by atoms with van der Waals surface area (Å²) in [6.07, 6.45) is 7.83. The van der Waals surface area contributed by atoms with Crippen LogP contribution in [0.3, 0.4) is 0 Å². The van der Waals surface area contributed by atoms with Crippen molar-refractivity contribution in [1.82, 2.24) is 10.3 Å². The lowest BCUT2D eigenvalue weighted by molar-refractivity contribution is -0.137. The van der Waals surface area contributed by atoms with E-state index in [1.165, 1.54) is 6.08 Å². The summed E-state index contributed by atoms with van der Waals surface area (Å²) in [5.74, 6) is -0.994. The van der Waals surface area contributed by atoms with E-state index in [4.69, 9.17) is 5.11 Å². The molecule has 0 saturated heterocycles. The zero-order chi connectivity index (χ0) is 13.2. The second kappa shape index (κ2) is 8.00. The summed E-state index contributed by atoms with van der Waals surface area (Å²) >= 11 is 0. The molecule has 1 amide bonds. The van der Waals surface area contributed by atoms with Gasteiger partial charge in [0.05, 0.1) is 0 Å². The maximum absolute atomic E-state index is 11.4. The minimum atomic E-state index is -0.808. The highest BCUT2D eigenvalue weighted by Crippen LogP contribution is 1.98. The van der Waals surface area contributed by atoms with Gasteiger partial charge in [-0.3, -0.25) is 14.6 Å². The Morgan fingerprint density at radius 3 is 2.89 bits per heavy atom. The Labute approximate surface area is 106 Å². The molecule has 1 heterocycles. The molecule has 0 saturated carbocycles. The van der Waals surface area contributed by atoms with Crippen molar-refractivity contribution in [2.24, 2.45) is 0 Å². The number of carboxylic acid groups (broad SMARTS) is 1. The van der Waals surface area contributed by atoms with Crippen molar-refractivity contribution in [3.63, 3.8) is 0 Å². The minimum Gasteiger partial charge on any atom is -0.481 e. The molecule has 0 radical (unpaired) electrons. The second-order valence-corrected chi connectivity index (χ2v) is 3.76. The fourth-order valence-corrected chi connectivity index (χ4v) is 1.32. The van der Waals surface area contributed by atoms with Crippen molar-refractivity contribution in [3.8, 4) is 0 Å². The van der Waals surface area contributed by atoms with Crippen LogP contribution in [0.4, 0.5) is 0 Å². The quantitative estimate of drug-likeness (QED) is 0.565. The Hall–Kier alpha value is -2.17. The van der Waals surface area contributed by atoms with Crippen LogP contribution in [-0.2, 0) is 9.59 Å².